The number of nitrogens with one attached hydrogen (secondary N) is 1. The zero-order chi connectivity index (χ0) is 18.6. The summed E-state index contributed by atoms with van der Waals surface area (Å²) in [6, 6.07) is 12.4. The van der Waals surface area contributed by atoms with Crippen LogP contribution in [0.4, 0.5) is 10.1 Å². The van der Waals surface area contributed by atoms with Gasteiger partial charge in [0, 0.05) is 25.0 Å². The summed E-state index contributed by atoms with van der Waals surface area (Å²) >= 11 is 0. The molecule has 1 aliphatic heterocycles. The molecule has 2 heterocycles. The molecule has 1 aromatic carbocycles. The molecule has 1 aromatic heterocycles. The van der Waals surface area contributed by atoms with Gasteiger partial charge in [0.15, 0.2) is 5.67 Å². The smallest absolute Gasteiger partial charge is 0.238 e. The van der Waals surface area contributed by atoms with E-state index in [9.17, 15) is 4.79 Å². The number of halogens is 1. The number of nitrogens with zero attached hydrogens (tertiary/aromatic N) is 3. The van der Waals surface area contributed by atoms with E-state index in [0.717, 1.165) is 5.56 Å². The fourth-order valence-corrected chi connectivity index (χ4v) is 3.29. The van der Waals surface area contributed by atoms with Gasteiger partial charge in [-0.1, -0.05) is 6.07 Å². The highest BCUT2D eigenvalue weighted by molar-refractivity contribution is 5.92. The number of amides is 1. The standard InChI is InChI=1S/C20H21FN4O/c1-15-3-2-10-23-19(15)20(21)8-11-25(12-9-20)14-18(26)24-17-6-4-16(13-22)5-7-17/h2-7,10H,8-9,11-12,14H2,1H3,(H,24,26). The minimum atomic E-state index is -1.43. The Labute approximate surface area is 152 Å². The first-order valence-corrected chi connectivity index (χ1v) is 8.63. The van der Waals surface area contributed by atoms with Crippen molar-refractivity contribution in [3.63, 3.8) is 0 Å². The fraction of sp³-hybridized carbons (Fsp3) is 0.350. The molecule has 1 amide bonds. The lowest BCUT2D eigenvalue weighted by Gasteiger charge is -2.36. The molecule has 0 saturated carbocycles. The molecule has 0 unspecified atom stereocenters. The number of hydrogen-bond donors (Lipinski definition) is 1. The molecule has 6 heteroatoms. The average molecular weight is 352 g/mol. The molecule has 0 radical (unpaired) electrons. The number of aryl methyl sites for hydroxylation is 1. The van der Waals surface area contributed by atoms with Gasteiger partial charge in [0.25, 0.3) is 0 Å². The summed E-state index contributed by atoms with van der Waals surface area (Å²) in [6.45, 7) is 3.11. The molecular weight excluding hydrogens is 331 g/mol. The number of rotatable bonds is 4. The lowest BCUT2D eigenvalue weighted by Crippen LogP contribution is -2.44. The normalized spacial score (nSPS) is 16.7. The number of likely N-dealkylation sites (tertiary alicyclic amines) is 1. The van der Waals surface area contributed by atoms with Crippen molar-refractivity contribution >= 4 is 11.6 Å². The van der Waals surface area contributed by atoms with Crippen LogP contribution in [0.15, 0.2) is 42.6 Å². The second-order valence-electron chi connectivity index (χ2n) is 6.65. The van der Waals surface area contributed by atoms with E-state index < -0.39 is 5.67 Å². The molecule has 2 aromatic rings. The molecule has 0 spiro atoms. The second kappa shape index (κ2) is 7.63. The maximum atomic E-state index is 15.3. The summed E-state index contributed by atoms with van der Waals surface area (Å²) in [5.74, 6) is -0.143. The van der Waals surface area contributed by atoms with Crippen molar-refractivity contribution in [2.75, 3.05) is 25.0 Å². The number of anilines is 1. The summed E-state index contributed by atoms with van der Waals surface area (Å²) in [4.78, 5) is 18.4. The van der Waals surface area contributed by atoms with E-state index in [2.05, 4.69) is 10.3 Å². The Morgan fingerprint density at radius 3 is 2.62 bits per heavy atom. The lowest BCUT2D eigenvalue weighted by atomic mass is 9.87. The summed E-state index contributed by atoms with van der Waals surface area (Å²) in [7, 11) is 0. The number of benzene rings is 1. The van der Waals surface area contributed by atoms with Gasteiger partial charge in [-0.3, -0.25) is 14.7 Å². The van der Waals surface area contributed by atoms with E-state index in [0.29, 0.717) is 42.9 Å². The van der Waals surface area contributed by atoms with E-state index in [4.69, 9.17) is 5.26 Å². The molecule has 0 atom stereocenters. The van der Waals surface area contributed by atoms with Gasteiger partial charge in [-0.15, -0.1) is 0 Å². The summed E-state index contributed by atoms with van der Waals surface area (Å²) in [5, 5.41) is 11.6. The van der Waals surface area contributed by atoms with Crippen LogP contribution in [0, 0.1) is 18.3 Å². The first-order chi connectivity index (χ1) is 12.5. The number of carbonyl (C=O) groups excluding carboxylic acids is 1. The van der Waals surface area contributed by atoms with E-state index >= 15 is 4.39 Å². The zero-order valence-corrected chi connectivity index (χ0v) is 14.7. The maximum Gasteiger partial charge on any atom is 0.238 e. The van der Waals surface area contributed by atoms with Gasteiger partial charge >= 0.3 is 0 Å². The van der Waals surface area contributed by atoms with Gasteiger partial charge in [0.2, 0.25) is 5.91 Å². The fourth-order valence-electron chi connectivity index (χ4n) is 3.29. The van der Waals surface area contributed by atoms with Crippen molar-refractivity contribution in [2.24, 2.45) is 0 Å². The number of nitriles is 1. The Hall–Kier alpha value is -2.78. The second-order valence-corrected chi connectivity index (χ2v) is 6.65. The summed E-state index contributed by atoms with van der Waals surface area (Å²) in [5.41, 5.74) is 1.15. The Morgan fingerprint density at radius 2 is 2.00 bits per heavy atom. The third-order valence-electron chi connectivity index (χ3n) is 4.75. The summed E-state index contributed by atoms with van der Waals surface area (Å²) < 4.78 is 15.3. The van der Waals surface area contributed by atoms with Crippen molar-refractivity contribution in [2.45, 2.75) is 25.4 Å². The van der Waals surface area contributed by atoms with Crippen molar-refractivity contribution < 1.29 is 9.18 Å². The van der Waals surface area contributed by atoms with E-state index in [1.165, 1.54) is 0 Å². The summed E-state index contributed by atoms with van der Waals surface area (Å²) in [6.07, 6.45) is 2.28. The van der Waals surface area contributed by atoms with Crippen molar-refractivity contribution in [1.29, 1.82) is 5.26 Å². The topological polar surface area (TPSA) is 69.0 Å². The molecule has 3 rings (SSSR count). The van der Waals surface area contributed by atoms with Crippen molar-refractivity contribution in [3.05, 3.63) is 59.4 Å². The molecule has 0 aliphatic carbocycles. The van der Waals surface area contributed by atoms with Gasteiger partial charge in [-0.05, 0) is 55.7 Å². The first-order valence-electron chi connectivity index (χ1n) is 8.63. The van der Waals surface area contributed by atoms with Crippen LogP contribution < -0.4 is 5.32 Å². The van der Waals surface area contributed by atoms with Crippen LogP contribution >= 0.6 is 0 Å². The van der Waals surface area contributed by atoms with Gasteiger partial charge in [0.1, 0.15) is 0 Å². The van der Waals surface area contributed by atoms with Crippen LogP contribution in [0.3, 0.4) is 0 Å². The number of alkyl halides is 1. The molecule has 1 saturated heterocycles. The molecule has 134 valence electrons. The highest BCUT2D eigenvalue weighted by atomic mass is 19.1. The minimum Gasteiger partial charge on any atom is -0.325 e. The SMILES string of the molecule is Cc1cccnc1C1(F)CCN(CC(=O)Nc2ccc(C#N)cc2)CC1. The maximum absolute atomic E-state index is 15.3. The molecule has 1 aliphatic rings. The van der Waals surface area contributed by atoms with Gasteiger partial charge in [0.05, 0.1) is 23.9 Å². The van der Waals surface area contributed by atoms with Crippen molar-refractivity contribution in [1.82, 2.24) is 9.88 Å². The molecule has 0 bridgehead atoms. The Kier molecular flexibility index (Phi) is 5.29. The Balaban J connectivity index is 1.54. The highest BCUT2D eigenvalue weighted by Crippen LogP contribution is 2.37. The van der Waals surface area contributed by atoms with Crippen LogP contribution in [0.25, 0.3) is 0 Å². The predicted octanol–water partition coefficient (Wildman–Crippen LogP) is 3.16. The van der Waals surface area contributed by atoms with Crippen molar-refractivity contribution in [3.8, 4) is 6.07 Å². The predicted molar refractivity (Wildman–Crippen MR) is 97.2 cm³/mol. The Bertz CT molecular complexity index is 820. The third kappa shape index (κ3) is 4.06. The monoisotopic (exact) mass is 352 g/mol. The minimum absolute atomic E-state index is 0.143. The van der Waals surface area contributed by atoms with Crippen LogP contribution in [-0.4, -0.2) is 35.4 Å². The largest absolute Gasteiger partial charge is 0.325 e. The third-order valence-corrected chi connectivity index (χ3v) is 4.75. The number of piperidine rings is 1. The zero-order valence-electron chi connectivity index (χ0n) is 14.7. The molecule has 1 N–H and O–H groups in total. The quantitative estimate of drug-likeness (QED) is 0.918. The van der Waals surface area contributed by atoms with Crippen LogP contribution in [-0.2, 0) is 10.5 Å². The van der Waals surface area contributed by atoms with E-state index in [-0.39, 0.29) is 12.5 Å². The first kappa shape index (κ1) is 18.0. The van der Waals surface area contributed by atoms with Gasteiger partial charge in [-0.25, -0.2) is 4.39 Å². The van der Waals surface area contributed by atoms with Crippen LogP contribution in [0.5, 0.6) is 0 Å². The number of carbonyl (C=O) groups is 1. The molecule has 26 heavy (non-hydrogen) atoms. The molecule has 5 nitrogen and oxygen atoms in total. The van der Waals surface area contributed by atoms with E-state index in [1.54, 1.807) is 30.5 Å². The Morgan fingerprint density at radius 1 is 1.31 bits per heavy atom. The number of hydrogen-bond acceptors (Lipinski definition) is 4. The lowest BCUT2D eigenvalue weighted by molar-refractivity contribution is -0.118. The molecule has 1 fully saturated rings. The van der Waals surface area contributed by atoms with E-state index in [1.807, 2.05) is 30.0 Å². The van der Waals surface area contributed by atoms with Crippen LogP contribution in [0.2, 0.25) is 0 Å². The van der Waals surface area contributed by atoms with Gasteiger partial charge in [-0.2, -0.15) is 5.26 Å². The average Bonchev–Trinajstić information content (AvgIpc) is 2.65. The van der Waals surface area contributed by atoms with Crippen LogP contribution in [0.1, 0.15) is 29.7 Å². The highest BCUT2D eigenvalue weighted by Gasteiger charge is 2.38. The number of pyridine rings is 1. The van der Waals surface area contributed by atoms with Gasteiger partial charge < -0.3 is 5.32 Å². The molecular formula is C20H21FN4O. The number of aromatic nitrogens is 1.